The van der Waals surface area contributed by atoms with Crippen LogP contribution >= 0.6 is 11.6 Å². The second kappa shape index (κ2) is 4.30. The van der Waals surface area contributed by atoms with Crippen LogP contribution in [-0.4, -0.2) is 18.3 Å². The number of hydrogen-bond donors (Lipinski definition) is 2. The van der Waals surface area contributed by atoms with Gasteiger partial charge in [0, 0.05) is 24.7 Å². The third-order valence-corrected chi connectivity index (χ3v) is 3.12. The van der Waals surface area contributed by atoms with E-state index < -0.39 is 0 Å². The van der Waals surface area contributed by atoms with Crippen molar-refractivity contribution in [2.75, 3.05) is 13.2 Å². The second-order valence-corrected chi connectivity index (χ2v) is 4.05. The molecular formula is C11H14ClNO. The zero-order chi connectivity index (χ0) is 9.97. The number of rotatable bonds is 2. The summed E-state index contributed by atoms with van der Waals surface area (Å²) in [6.45, 7) is 2.02. The maximum absolute atomic E-state index is 8.95. The minimum atomic E-state index is 0.234. The third-order valence-electron chi connectivity index (χ3n) is 2.76. The molecule has 1 aliphatic heterocycles. The molecule has 76 valence electrons. The van der Waals surface area contributed by atoms with Gasteiger partial charge in [0.25, 0.3) is 0 Å². The van der Waals surface area contributed by atoms with Gasteiger partial charge in [0.1, 0.15) is 0 Å². The van der Waals surface area contributed by atoms with Gasteiger partial charge in [0.05, 0.1) is 0 Å². The first-order chi connectivity index (χ1) is 6.83. The largest absolute Gasteiger partial charge is 0.396 e. The van der Waals surface area contributed by atoms with Gasteiger partial charge >= 0.3 is 0 Å². The molecule has 0 aliphatic carbocycles. The van der Waals surface area contributed by atoms with Crippen LogP contribution in [0.15, 0.2) is 18.2 Å². The lowest BCUT2D eigenvalue weighted by Crippen LogP contribution is -2.28. The molecule has 14 heavy (non-hydrogen) atoms. The van der Waals surface area contributed by atoms with E-state index in [9.17, 15) is 0 Å². The van der Waals surface area contributed by atoms with Crippen molar-refractivity contribution in [2.45, 2.75) is 18.9 Å². The van der Waals surface area contributed by atoms with Crippen LogP contribution < -0.4 is 5.32 Å². The molecule has 0 fully saturated rings. The fourth-order valence-corrected chi connectivity index (χ4v) is 2.29. The van der Waals surface area contributed by atoms with Crippen molar-refractivity contribution in [3.8, 4) is 0 Å². The van der Waals surface area contributed by atoms with E-state index in [1.165, 1.54) is 11.1 Å². The van der Waals surface area contributed by atoms with Crippen LogP contribution in [0.25, 0.3) is 0 Å². The highest BCUT2D eigenvalue weighted by atomic mass is 35.5. The Morgan fingerprint density at radius 1 is 1.50 bits per heavy atom. The Labute approximate surface area is 88.9 Å². The number of hydrogen-bond acceptors (Lipinski definition) is 2. The van der Waals surface area contributed by atoms with Crippen molar-refractivity contribution in [3.63, 3.8) is 0 Å². The fraction of sp³-hybridized carbons (Fsp3) is 0.455. The molecule has 0 spiro atoms. The molecule has 0 aromatic heterocycles. The Kier molecular flexibility index (Phi) is 3.06. The molecule has 0 amide bonds. The van der Waals surface area contributed by atoms with Gasteiger partial charge in [0.2, 0.25) is 0 Å². The van der Waals surface area contributed by atoms with Crippen molar-refractivity contribution >= 4 is 11.6 Å². The minimum Gasteiger partial charge on any atom is -0.396 e. The lowest BCUT2D eigenvalue weighted by molar-refractivity contribution is 0.271. The number of benzene rings is 1. The van der Waals surface area contributed by atoms with Crippen LogP contribution in [0.4, 0.5) is 0 Å². The van der Waals surface area contributed by atoms with Gasteiger partial charge in [-0.25, -0.2) is 0 Å². The standard InChI is InChI=1S/C11H14ClNO/c12-11-3-1-2-9-8(4-5-14)6-13-7-10(9)11/h1-3,8,13-14H,4-7H2. The van der Waals surface area contributed by atoms with E-state index in [0.717, 1.165) is 24.5 Å². The molecule has 0 radical (unpaired) electrons. The van der Waals surface area contributed by atoms with E-state index >= 15 is 0 Å². The maximum Gasteiger partial charge on any atom is 0.0453 e. The summed E-state index contributed by atoms with van der Waals surface area (Å²) < 4.78 is 0. The topological polar surface area (TPSA) is 32.3 Å². The SMILES string of the molecule is OCCC1CNCc2c(Cl)cccc21. The molecule has 2 rings (SSSR count). The van der Waals surface area contributed by atoms with Crippen LogP contribution in [-0.2, 0) is 6.54 Å². The summed E-state index contributed by atoms with van der Waals surface area (Å²) >= 11 is 6.11. The Morgan fingerprint density at radius 2 is 2.36 bits per heavy atom. The Bertz CT molecular complexity index is 327. The van der Waals surface area contributed by atoms with Gasteiger partial charge in [0.15, 0.2) is 0 Å². The van der Waals surface area contributed by atoms with Crippen LogP contribution in [0.1, 0.15) is 23.5 Å². The molecule has 2 nitrogen and oxygen atoms in total. The maximum atomic E-state index is 8.95. The van der Waals surface area contributed by atoms with Gasteiger partial charge in [-0.3, -0.25) is 0 Å². The van der Waals surface area contributed by atoms with Crippen molar-refractivity contribution in [3.05, 3.63) is 34.3 Å². The van der Waals surface area contributed by atoms with Crippen LogP contribution in [0, 0.1) is 0 Å². The molecule has 1 aromatic carbocycles. The van der Waals surface area contributed by atoms with E-state index in [-0.39, 0.29) is 6.61 Å². The van der Waals surface area contributed by atoms with Crippen molar-refractivity contribution < 1.29 is 5.11 Å². The van der Waals surface area contributed by atoms with Gasteiger partial charge in [-0.15, -0.1) is 0 Å². The summed E-state index contributed by atoms with van der Waals surface area (Å²) in [4.78, 5) is 0. The molecule has 1 aromatic rings. The summed E-state index contributed by atoms with van der Waals surface area (Å²) in [5, 5.41) is 13.1. The highest BCUT2D eigenvalue weighted by molar-refractivity contribution is 6.31. The Hall–Kier alpha value is -0.570. The molecule has 2 N–H and O–H groups in total. The quantitative estimate of drug-likeness (QED) is 0.784. The summed E-state index contributed by atoms with van der Waals surface area (Å²) in [5.74, 6) is 0.405. The summed E-state index contributed by atoms with van der Waals surface area (Å²) in [5.41, 5.74) is 2.49. The number of halogens is 1. The van der Waals surface area contributed by atoms with E-state index in [2.05, 4.69) is 11.4 Å². The molecule has 0 bridgehead atoms. The van der Waals surface area contributed by atoms with Crippen molar-refractivity contribution in [2.24, 2.45) is 0 Å². The summed E-state index contributed by atoms with van der Waals surface area (Å²) in [6, 6.07) is 6.02. The Balaban J connectivity index is 2.34. The fourth-order valence-electron chi connectivity index (χ4n) is 2.04. The third kappa shape index (κ3) is 1.78. The second-order valence-electron chi connectivity index (χ2n) is 3.65. The van der Waals surface area contributed by atoms with E-state index in [1.807, 2.05) is 12.1 Å². The molecule has 0 saturated heterocycles. The predicted octanol–water partition coefficient (Wildman–Crippen LogP) is 1.91. The molecule has 0 saturated carbocycles. The van der Waals surface area contributed by atoms with Crippen molar-refractivity contribution in [1.29, 1.82) is 0 Å². The summed E-state index contributed by atoms with van der Waals surface area (Å²) in [7, 11) is 0. The minimum absolute atomic E-state index is 0.234. The summed E-state index contributed by atoms with van der Waals surface area (Å²) in [6.07, 6.45) is 0.806. The Morgan fingerprint density at radius 3 is 3.14 bits per heavy atom. The van der Waals surface area contributed by atoms with Gasteiger partial charge in [-0.05, 0) is 29.5 Å². The van der Waals surface area contributed by atoms with E-state index in [0.29, 0.717) is 5.92 Å². The molecular weight excluding hydrogens is 198 g/mol. The zero-order valence-corrected chi connectivity index (χ0v) is 8.72. The van der Waals surface area contributed by atoms with Crippen molar-refractivity contribution in [1.82, 2.24) is 5.32 Å². The molecule has 1 heterocycles. The first-order valence-electron chi connectivity index (χ1n) is 4.92. The normalized spacial score (nSPS) is 20.6. The number of aliphatic hydroxyl groups excluding tert-OH is 1. The number of aliphatic hydroxyl groups is 1. The number of fused-ring (bicyclic) bond motifs is 1. The van der Waals surface area contributed by atoms with Crippen LogP contribution in [0.5, 0.6) is 0 Å². The lowest BCUT2D eigenvalue weighted by Gasteiger charge is -2.26. The number of nitrogens with one attached hydrogen (secondary N) is 1. The van der Waals surface area contributed by atoms with Crippen LogP contribution in [0.3, 0.4) is 0 Å². The van der Waals surface area contributed by atoms with Gasteiger partial charge in [-0.1, -0.05) is 23.7 Å². The average molecular weight is 212 g/mol. The predicted molar refractivity (Wildman–Crippen MR) is 57.6 cm³/mol. The van der Waals surface area contributed by atoms with E-state index in [1.54, 1.807) is 0 Å². The highest BCUT2D eigenvalue weighted by Crippen LogP contribution is 2.30. The van der Waals surface area contributed by atoms with Gasteiger partial charge < -0.3 is 10.4 Å². The smallest absolute Gasteiger partial charge is 0.0453 e. The zero-order valence-electron chi connectivity index (χ0n) is 7.96. The van der Waals surface area contributed by atoms with E-state index in [4.69, 9.17) is 16.7 Å². The lowest BCUT2D eigenvalue weighted by atomic mass is 9.89. The monoisotopic (exact) mass is 211 g/mol. The highest BCUT2D eigenvalue weighted by Gasteiger charge is 2.20. The first-order valence-corrected chi connectivity index (χ1v) is 5.29. The molecule has 1 aliphatic rings. The molecule has 3 heteroatoms. The first kappa shape index (κ1) is 9.97. The van der Waals surface area contributed by atoms with Crippen LogP contribution in [0.2, 0.25) is 5.02 Å². The van der Waals surface area contributed by atoms with Gasteiger partial charge in [-0.2, -0.15) is 0 Å². The molecule has 1 unspecified atom stereocenters. The average Bonchev–Trinajstić information content (AvgIpc) is 2.20. The molecule has 1 atom stereocenters.